The molecule has 2 rings (SSSR count). The molecular weight excluding hydrogens is 377 g/mol. The lowest BCUT2D eigenvalue weighted by atomic mass is 10.2. The maximum Gasteiger partial charge on any atom is 0.416 e. The highest BCUT2D eigenvalue weighted by Gasteiger charge is 2.30. The van der Waals surface area contributed by atoms with Gasteiger partial charge in [-0.2, -0.15) is 13.2 Å². The van der Waals surface area contributed by atoms with Crippen LogP contribution in [0.3, 0.4) is 0 Å². The first-order valence-electron chi connectivity index (χ1n) is 8.59. The van der Waals surface area contributed by atoms with Crippen LogP contribution in [0.4, 0.5) is 13.2 Å². The van der Waals surface area contributed by atoms with Crippen molar-refractivity contribution < 1.29 is 27.8 Å². The molecule has 3 nitrogen and oxygen atoms in total. The molecule has 7 heteroatoms. The molecule has 0 aliphatic rings. The van der Waals surface area contributed by atoms with Crippen LogP contribution >= 0.6 is 11.8 Å². The SMILES string of the molecule is CCOCC(COc1ccc(C(F)(F)F)cc1)CSc1ccc(O)c(C)c1. The Balaban J connectivity index is 1.92. The molecule has 0 heterocycles. The number of phenolic OH excluding ortho intramolecular Hbond substituents is 1. The molecule has 0 saturated heterocycles. The maximum atomic E-state index is 12.6. The largest absolute Gasteiger partial charge is 0.508 e. The fraction of sp³-hybridized carbons (Fsp3) is 0.400. The molecule has 0 fully saturated rings. The van der Waals surface area contributed by atoms with E-state index in [1.807, 2.05) is 26.0 Å². The molecule has 27 heavy (non-hydrogen) atoms. The summed E-state index contributed by atoms with van der Waals surface area (Å²) in [6, 6.07) is 10.1. The van der Waals surface area contributed by atoms with Gasteiger partial charge in [-0.3, -0.25) is 0 Å². The van der Waals surface area contributed by atoms with Gasteiger partial charge in [-0.1, -0.05) is 0 Å². The van der Waals surface area contributed by atoms with Crippen LogP contribution in [0, 0.1) is 12.8 Å². The fourth-order valence-electron chi connectivity index (χ4n) is 2.31. The summed E-state index contributed by atoms with van der Waals surface area (Å²) in [5, 5.41) is 9.60. The number of hydrogen-bond acceptors (Lipinski definition) is 4. The van der Waals surface area contributed by atoms with Gasteiger partial charge in [0.15, 0.2) is 0 Å². The number of halogens is 3. The van der Waals surface area contributed by atoms with Crippen molar-refractivity contribution in [1.29, 1.82) is 0 Å². The summed E-state index contributed by atoms with van der Waals surface area (Å²) in [6.07, 6.45) is -4.35. The molecule has 1 atom stereocenters. The molecule has 1 unspecified atom stereocenters. The summed E-state index contributed by atoms with van der Waals surface area (Å²) in [5.41, 5.74) is 0.112. The third kappa shape index (κ3) is 6.99. The molecular formula is C20H23F3O3S. The molecule has 0 aromatic heterocycles. The zero-order valence-corrected chi connectivity index (χ0v) is 16.1. The van der Waals surface area contributed by atoms with Gasteiger partial charge in [0, 0.05) is 23.2 Å². The van der Waals surface area contributed by atoms with Crippen molar-refractivity contribution in [3.8, 4) is 11.5 Å². The second-order valence-electron chi connectivity index (χ2n) is 6.12. The summed E-state index contributed by atoms with van der Waals surface area (Å²) in [4.78, 5) is 1.03. The van der Waals surface area contributed by atoms with E-state index in [1.54, 1.807) is 17.8 Å². The third-order valence-corrected chi connectivity index (χ3v) is 5.10. The maximum absolute atomic E-state index is 12.6. The standard InChI is InChI=1S/C20H23F3O3S/c1-3-25-11-15(13-27-18-8-9-19(24)14(2)10-18)12-26-17-6-4-16(5-7-17)20(21,22)23/h4-10,15,24H,3,11-13H2,1-2H3. The van der Waals surface area contributed by atoms with E-state index < -0.39 is 11.7 Å². The summed E-state index contributed by atoms with van der Waals surface area (Å²) in [6.45, 7) is 5.17. The molecule has 148 valence electrons. The number of rotatable bonds is 9. The molecule has 0 bridgehead atoms. The average molecular weight is 400 g/mol. The monoisotopic (exact) mass is 400 g/mol. The second-order valence-corrected chi connectivity index (χ2v) is 7.21. The lowest BCUT2D eigenvalue weighted by Gasteiger charge is -2.18. The lowest BCUT2D eigenvalue weighted by Crippen LogP contribution is -2.20. The van der Waals surface area contributed by atoms with Crippen LogP contribution in [-0.2, 0) is 10.9 Å². The number of thioether (sulfide) groups is 1. The number of hydrogen-bond donors (Lipinski definition) is 1. The van der Waals surface area contributed by atoms with Crippen LogP contribution in [0.1, 0.15) is 18.1 Å². The summed E-state index contributed by atoms with van der Waals surface area (Å²) < 4.78 is 49.0. The first-order valence-corrected chi connectivity index (χ1v) is 9.58. The molecule has 0 spiro atoms. The van der Waals surface area contributed by atoms with E-state index in [1.165, 1.54) is 12.1 Å². The summed E-state index contributed by atoms with van der Waals surface area (Å²) in [5.74, 6) is 1.46. The normalized spacial score (nSPS) is 12.8. The minimum atomic E-state index is -4.35. The molecule has 2 aromatic rings. The van der Waals surface area contributed by atoms with Crippen molar-refractivity contribution >= 4 is 11.8 Å². The van der Waals surface area contributed by atoms with E-state index in [-0.39, 0.29) is 11.7 Å². The van der Waals surface area contributed by atoms with E-state index in [0.29, 0.717) is 25.6 Å². The average Bonchev–Trinajstić information content (AvgIpc) is 2.63. The van der Waals surface area contributed by atoms with E-state index in [2.05, 4.69) is 0 Å². The van der Waals surface area contributed by atoms with Gasteiger partial charge in [0.1, 0.15) is 11.5 Å². The van der Waals surface area contributed by atoms with Crippen molar-refractivity contribution in [2.24, 2.45) is 5.92 Å². The van der Waals surface area contributed by atoms with Crippen molar-refractivity contribution in [1.82, 2.24) is 0 Å². The van der Waals surface area contributed by atoms with Crippen LogP contribution in [0.25, 0.3) is 0 Å². The Morgan fingerprint density at radius 1 is 1.07 bits per heavy atom. The molecule has 1 N–H and O–H groups in total. The van der Waals surface area contributed by atoms with Gasteiger partial charge in [0.25, 0.3) is 0 Å². The minimum Gasteiger partial charge on any atom is -0.508 e. The van der Waals surface area contributed by atoms with Crippen molar-refractivity contribution in [3.63, 3.8) is 0 Å². The Bertz CT molecular complexity index is 717. The van der Waals surface area contributed by atoms with E-state index in [9.17, 15) is 18.3 Å². The molecule has 0 amide bonds. The fourth-order valence-corrected chi connectivity index (χ4v) is 3.36. The Morgan fingerprint density at radius 3 is 2.37 bits per heavy atom. The molecule has 0 radical (unpaired) electrons. The molecule has 0 aliphatic carbocycles. The van der Waals surface area contributed by atoms with E-state index in [4.69, 9.17) is 9.47 Å². The number of alkyl halides is 3. The van der Waals surface area contributed by atoms with Gasteiger partial charge in [0.05, 0.1) is 18.8 Å². The summed E-state index contributed by atoms with van der Waals surface area (Å²) in [7, 11) is 0. The van der Waals surface area contributed by atoms with E-state index in [0.717, 1.165) is 28.3 Å². The van der Waals surface area contributed by atoms with Crippen LogP contribution in [0.15, 0.2) is 47.4 Å². The van der Waals surface area contributed by atoms with Gasteiger partial charge in [-0.25, -0.2) is 0 Å². The Morgan fingerprint density at radius 2 is 1.78 bits per heavy atom. The highest BCUT2D eigenvalue weighted by atomic mass is 32.2. The summed E-state index contributed by atoms with van der Waals surface area (Å²) >= 11 is 1.62. The van der Waals surface area contributed by atoms with Gasteiger partial charge in [-0.15, -0.1) is 11.8 Å². The Labute approximate surface area is 161 Å². The number of aryl methyl sites for hydroxylation is 1. The number of aromatic hydroxyl groups is 1. The van der Waals surface area contributed by atoms with Crippen molar-refractivity contribution in [3.05, 3.63) is 53.6 Å². The topological polar surface area (TPSA) is 38.7 Å². The zero-order valence-electron chi connectivity index (χ0n) is 15.3. The quantitative estimate of drug-likeness (QED) is 0.561. The Kier molecular flexibility index (Phi) is 7.86. The first kappa shape index (κ1) is 21.4. The molecule has 0 saturated carbocycles. The van der Waals surface area contributed by atoms with E-state index >= 15 is 0 Å². The van der Waals surface area contributed by atoms with Crippen LogP contribution < -0.4 is 4.74 Å². The van der Waals surface area contributed by atoms with Crippen LogP contribution in [0.2, 0.25) is 0 Å². The molecule has 0 aliphatic heterocycles. The highest BCUT2D eigenvalue weighted by molar-refractivity contribution is 7.99. The Hall–Kier alpha value is -1.86. The number of phenols is 1. The predicted octanol–water partition coefficient (Wildman–Crippen LogP) is 5.54. The van der Waals surface area contributed by atoms with Crippen molar-refractivity contribution in [2.45, 2.75) is 24.9 Å². The van der Waals surface area contributed by atoms with Crippen LogP contribution in [-0.4, -0.2) is 30.7 Å². The minimum absolute atomic E-state index is 0.0753. The van der Waals surface area contributed by atoms with Gasteiger partial charge in [0.2, 0.25) is 0 Å². The van der Waals surface area contributed by atoms with Gasteiger partial charge < -0.3 is 14.6 Å². The zero-order chi connectivity index (χ0) is 19.9. The first-order chi connectivity index (χ1) is 12.8. The van der Waals surface area contributed by atoms with Crippen molar-refractivity contribution in [2.75, 3.05) is 25.6 Å². The smallest absolute Gasteiger partial charge is 0.416 e. The highest BCUT2D eigenvalue weighted by Crippen LogP contribution is 2.30. The van der Waals surface area contributed by atoms with Gasteiger partial charge in [-0.05, 0) is 61.9 Å². The van der Waals surface area contributed by atoms with Gasteiger partial charge >= 0.3 is 6.18 Å². The third-order valence-electron chi connectivity index (χ3n) is 3.88. The van der Waals surface area contributed by atoms with Crippen LogP contribution in [0.5, 0.6) is 11.5 Å². The predicted molar refractivity (Wildman–Crippen MR) is 100 cm³/mol. The second kappa shape index (κ2) is 9.90. The number of benzene rings is 2. The lowest BCUT2D eigenvalue weighted by molar-refractivity contribution is -0.137. The number of ether oxygens (including phenoxy) is 2. The molecule has 2 aromatic carbocycles.